The number of aryl methyl sites for hydroxylation is 3. The van der Waals surface area contributed by atoms with E-state index in [4.69, 9.17) is 5.73 Å². The molecule has 0 saturated carbocycles. The maximum Gasteiger partial charge on any atom is 0.0344 e. The Morgan fingerprint density at radius 3 is 2.33 bits per heavy atom. The zero-order valence-electron chi connectivity index (χ0n) is 11.5. The smallest absolute Gasteiger partial charge is 0.0344 e. The average Bonchev–Trinajstić information content (AvgIpc) is 2.41. The number of hydrogen-bond acceptors (Lipinski definition) is 1. The van der Waals surface area contributed by atoms with Gasteiger partial charge in [0.1, 0.15) is 0 Å². The number of nitrogen functional groups attached to an aromatic ring is 1. The van der Waals surface area contributed by atoms with Crippen LogP contribution in [0.5, 0.6) is 0 Å². The minimum Gasteiger partial charge on any atom is -0.399 e. The molecule has 94 valence electrons. The fourth-order valence-corrected chi connectivity index (χ4v) is 2.26. The molecule has 0 aliphatic heterocycles. The molecule has 1 nitrogen and oxygen atoms in total. The van der Waals surface area contributed by atoms with Gasteiger partial charge in [-0.2, -0.15) is 0 Å². The third-order valence-electron chi connectivity index (χ3n) is 3.54. The van der Waals surface area contributed by atoms with E-state index in [-0.39, 0.29) is 0 Å². The summed E-state index contributed by atoms with van der Waals surface area (Å²) in [7, 11) is 0. The van der Waals surface area contributed by atoms with Crippen molar-refractivity contribution in [1.29, 1.82) is 0 Å². The molecule has 2 N–H and O–H groups in total. The summed E-state index contributed by atoms with van der Waals surface area (Å²) in [5, 5.41) is 0. The zero-order valence-corrected chi connectivity index (χ0v) is 11.5. The summed E-state index contributed by atoms with van der Waals surface area (Å²) in [5.41, 5.74) is 13.3. The van der Waals surface area contributed by atoms with Gasteiger partial charge in [-0.3, -0.25) is 0 Å². The minimum absolute atomic E-state index is 0.864. The molecule has 0 atom stereocenters. The Hall–Kier alpha value is -1.76. The second-order valence-electron chi connectivity index (χ2n) is 4.77. The van der Waals surface area contributed by atoms with Crippen molar-refractivity contribution in [2.45, 2.75) is 33.6 Å². The van der Waals surface area contributed by atoms with Crippen LogP contribution in [0.4, 0.5) is 5.69 Å². The first-order chi connectivity index (χ1) is 8.65. The van der Waals surface area contributed by atoms with Crippen molar-refractivity contribution in [2.24, 2.45) is 0 Å². The predicted octanol–water partition coefficient (Wildman–Crippen LogP) is 4.37. The number of hydrogen-bond donors (Lipinski definition) is 1. The van der Waals surface area contributed by atoms with Crippen LogP contribution in [0.15, 0.2) is 36.4 Å². The van der Waals surface area contributed by atoms with Crippen molar-refractivity contribution in [2.75, 3.05) is 5.73 Å². The van der Waals surface area contributed by atoms with Crippen LogP contribution in [-0.2, 0) is 12.8 Å². The summed E-state index contributed by atoms with van der Waals surface area (Å²) >= 11 is 0. The van der Waals surface area contributed by atoms with Crippen LogP contribution in [-0.4, -0.2) is 0 Å². The van der Waals surface area contributed by atoms with Gasteiger partial charge in [0, 0.05) is 5.69 Å². The number of anilines is 1. The fourth-order valence-electron chi connectivity index (χ4n) is 2.26. The molecule has 2 rings (SSSR count). The lowest BCUT2D eigenvalue weighted by atomic mass is 9.94. The quantitative estimate of drug-likeness (QED) is 0.791. The summed E-state index contributed by atoms with van der Waals surface area (Å²) in [6.07, 6.45) is 2.13. The van der Waals surface area contributed by atoms with E-state index in [9.17, 15) is 0 Å². The van der Waals surface area contributed by atoms with Gasteiger partial charge in [0.2, 0.25) is 0 Å². The molecule has 0 spiro atoms. The van der Waals surface area contributed by atoms with Gasteiger partial charge in [-0.15, -0.1) is 0 Å². The lowest BCUT2D eigenvalue weighted by Crippen LogP contribution is -1.93. The van der Waals surface area contributed by atoms with Crippen molar-refractivity contribution in [3.63, 3.8) is 0 Å². The second-order valence-corrected chi connectivity index (χ2v) is 4.77. The van der Waals surface area contributed by atoms with Crippen molar-refractivity contribution in [1.82, 2.24) is 0 Å². The van der Waals surface area contributed by atoms with Crippen molar-refractivity contribution in [3.05, 3.63) is 53.1 Å². The molecule has 0 unspecified atom stereocenters. The highest BCUT2D eigenvalue weighted by molar-refractivity contribution is 5.71. The predicted molar refractivity (Wildman–Crippen MR) is 79.8 cm³/mol. The summed E-state index contributed by atoms with van der Waals surface area (Å²) < 4.78 is 0. The molecule has 0 radical (unpaired) electrons. The molecule has 18 heavy (non-hydrogen) atoms. The first-order valence-electron chi connectivity index (χ1n) is 6.64. The normalized spacial score (nSPS) is 10.6. The molecule has 0 amide bonds. The number of benzene rings is 2. The van der Waals surface area contributed by atoms with Crippen LogP contribution in [0.3, 0.4) is 0 Å². The Kier molecular flexibility index (Phi) is 3.71. The van der Waals surface area contributed by atoms with Crippen LogP contribution < -0.4 is 5.73 Å². The lowest BCUT2D eigenvalue weighted by molar-refractivity contribution is 1.10. The van der Waals surface area contributed by atoms with E-state index in [0.717, 1.165) is 24.1 Å². The molecule has 0 aliphatic carbocycles. The molecule has 0 heterocycles. The monoisotopic (exact) mass is 239 g/mol. The van der Waals surface area contributed by atoms with E-state index in [1.807, 2.05) is 6.07 Å². The molecule has 0 aromatic heterocycles. The van der Waals surface area contributed by atoms with Crippen molar-refractivity contribution < 1.29 is 0 Å². The molecule has 0 bridgehead atoms. The van der Waals surface area contributed by atoms with Gasteiger partial charge in [0.25, 0.3) is 0 Å². The Morgan fingerprint density at radius 2 is 1.72 bits per heavy atom. The largest absolute Gasteiger partial charge is 0.399 e. The maximum absolute atomic E-state index is 5.89. The van der Waals surface area contributed by atoms with Crippen LogP contribution in [0, 0.1) is 6.92 Å². The third kappa shape index (κ3) is 2.40. The highest BCUT2D eigenvalue weighted by Gasteiger charge is 2.06. The van der Waals surface area contributed by atoms with Crippen LogP contribution >= 0.6 is 0 Å². The van der Waals surface area contributed by atoms with E-state index >= 15 is 0 Å². The standard InChI is InChI=1S/C17H21N/c1-4-13-6-7-14(5-2)16(11-13)15-8-9-17(18)12(3)10-15/h6-11H,4-5,18H2,1-3H3. The van der Waals surface area contributed by atoms with E-state index < -0.39 is 0 Å². The fraction of sp³-hybridized carbons (Fsp3) is 0.294. The highest BCUT2D eigenvalue weighted by atomic mass is 14.5. The summed E-state index contributed by atoms with van der Waals surface area (Å²) in [6, 6.07) is 13.1. The van der Waals surface area contributed by atoms with Gasteiger partial charge in [0.05, 0.1) is 0 Å². The van der Waals surface area contributed by atoms with Crippen molar-refractivity contribution >= 4 is 5.69 Å². The molecule has 0 aliphatic rings. The van der Waals surface area contributed by atoms with Gasteiger partial charge in [0.15, 0.2) is 0 Å². The van der Waals surface area contributed by atoms with E-state index in [2.05, 4.69) is 51.1 Å². The average molecular weight is 239 g/mol. The van der Waals surface area contributed by atoms with Gasteiger partial charge in [-0.1, -0.05) is 38.1 Å². The first-order valence-corrected chi connectivity index (χ1v) is 6.64. The zero-order chi connectivity index (χ0) is 13.1. The first kappa shape index (κ1) is 12.7. The molecular formula is C17H21N. The molecule has 2 aromatic rings. The van der Waals surface area contributed by atoms with E-state index in [1.165, 1.54) is 22.3 Å². The van der Waals surface area contributed by atoms with Crippen LogP contribution in [0.25, 0.3) is 11.1 Å². The summed E-state index contributed by atoms with van der Waals surface area (Å²) in [5.74, 6) is 0. The third-order valence-corrected chi connectivity index (χ3v) is 3.54. The van der Waals surface area contributed by atoms with Crippen LogP contribution in [0.1, 0.15) is 30.5 Å². The summed E-state index contributed by atoms with van der Waals surface area (Å²) in [4.78, 5) is 0. The van der Waals surface area contributed by atoms with E-state index in [0.29, 0.717) is 0 Å². The Bertz CT molecular complexity index is 556. The topological polar surface area (TPSA) is 26.0 Å². The molecule has 0 saturated heterocycles. The Labute approximate surface area is 110 Å². The Morgan fingerprint density at radius 1 is 0.944 bits per heavy atom. The molecule has 2 aromatic carbocycles. The van der Waals surface area contributed by atoms with Crippen molar-refractivity contribution in [3.8, 4) is 11.1 Å². The minimum atomic E-state index is 0.864. The lowest BCUT2D eigenvalue weighted by Gasteiger charge is -2.12. The van der Waals surface area contributed by atoms with E-state index in [1.54, 1.807) is 0 Å². The molecule has 1 heteroatoms. The van der Waals surface area contributed by atoms with Gasteiger partial charge >= 0.3 is 0 Å². The summed E-state index contributed by atoms with van der Waals surface area (Å²) in [6.45, 7) is 6.46. The SMILES string of the molecule is CCc1ccc(CC)c(-c2ccc(N)c(C)c2)c1. The van der Waals surface area contributed by atoms with Gasteiger partial charge in [-0.05, 0) is 59.7 Å². The molecule has 0 fully saturated rings. The number of nitrogens with two attached hydrogens (primary N) is 1. The second kappa shape index (κ2) is 5.26. The van der Waals surface area contributed by atoms with Gasteiger partial charge in [-0.25, -0.2) is 0 Å². The highest BCUT2D eigenvalue weighted by Crippen LogP contribution is 2.28. The van der Waals surface area contributed by atoms with Crippen LogP contribution in [0.2, 0.25) is 0 Å². The Balaban J connectivity index is 2.57. The molecular weight excluding hydrogens is 218 g/mol. The number of rotatable bonds is 3. The van der Waals surface area contributed by atoms with Gasteiger partial charge < -0.3 is 5.73 Å². The maximum atomic E-state index is 5.89.